The number of carbonyl (C=O) groups excluding carboxylic acids is 1. The van der Waals surface area contributed by atoms with E-state index in [0.717, 1.165) is 5.56 Å². The third-order valence-corrected chi connectivity index (χ3v) is 4.16. The van der Waals surface area contributed by atoms with Crippen LogP contribution >= 0.6 is 34.8 Å². The molecule has 2 aromatic rings. The average molecular weight is 344 g/mol. The molecule has 0 aliphatic heterocycles. The molecule has 1 unspecified atom stereocenters. The second kappa shape index (κ2) is 6.56. The summed E-state index contributed by atoms with van der Waals surface area (Å²) in [4.78, 5) is 12.3. The normalized spacial score (nSPS) is 12.0. The fourth-order valence-electron chi connectivity index (χ4n) is 1.95. The van der Waals surface area contributed by atoms with E-state index in [1.54, 1.807) is 6.07 Å². The molecule has 6 heteroatoms. The zero-order chi connectivity index (χ0) is 15.6. The first kappa shape index (κ1) is 16.0. The molecule has 0 aliphatic carbocycles. The van der Waals surface area contributed by atoms with E-state index in [2.05, 4.69) is 5.32 Å². The lowest BCUT2D eigenvalue weighted by atomic mass is 10.1. The Labute approximate surface area is 138 Å². The van der Waals surface area contributed by atoms with Gasteiger partial charge < -0.3 is 11.1 Å². The van der Waals surface area contributed by atoms with Crippen LogP contribution in [0, 0.1) is 0 Å². The lowest BCUT2D eigenvalue weighted by molar-refractivity contribution is 0.0940. The van der Waals surface area contributed by atoms with Crippen molar-refractivity contribution in [1.82, 2.24) is 5.32 Å². The summed E-state index contributed by atoms with van der Waals surface area (Å²) in [7, 11) is 0. The number of carbonyl (C=O) groups is 1. The number of benzene rings is 2. The third-order valence-electron chi connectivity index (χ3n) is 3.01. The van der Waals surface area contributed by atoms with Gasteiger partial charge in [-0.05, 0) is 30.7 Å². The Bertz CT molecular complexity index is 689. The van der Waals surface area contributed by atoms with Gasteiger partial charge in [-0.3, -0.25) is 4.79 Å². The van der Waals surface area contributed by atoms with Crippen molar-refractivity contribution in [3.8, 4) is 0 Å². The molecule has 110 valence electrons. The number of hydrogen-bond acceptors (Lipinski definition) is 2. The molecule has 0 bridgehead atoms. The molecule has 2 rings (SSSR count). The van der Waals surface area contributed by atoms with Crippen LogP contribution in [0.4, 0.5) is 5.69 Å². The van der Waals surface area contributed by atoms with Crippen molar-refractivity contribution in [3.63, 3.8) is 0 Å². The minimum Gasteiger partial charge on any atom is -0.399 e. The number of anilines is 1. The van der Waals surface area contributed by atoms with Crippen LogP contribution in [-0.2, 0) is 0 Å². The smallest absolute Gasteiger partial charge is 0.253 e. The van der Waals surface area contributed by atoms with Crippen LogP contribution in [0.1, 0.15) is 28.9 Å². The van der Waals surface area contributed by atoms with E-state index in [9.17, 15) is 4.79 Å². The number of nitrogens with one attached hydrogen (secondary N) is 1. The predicted molar refractivity (Wildman–Crippen MR) is 88.2 cm³/mol. The van der Waals surface area contributed by atoms with Crippen LogP contribution in [0.25, 0.3) is 0 Å². The summed E-state index contributed by atoms with van der Waals surface area (Å²) in [5.74, 6) is -0.360. The van der Waals surface area contributed by atoms with E-state index in [1.807, 2.05) is 25.1 Å². The molecule has 0 saturated carbocycles. The Hall–Kier alpha value is -1.42. The summed E-state index contributed by atoms with van der Waals surface area (Å²) in [6, 6.07) is 10.0. The molecule has 0 radical (unpaired) electrons. The van der Waals surface area contributed by atoms with Crippen LogP contribution in [-0.4, -0.2) is 5.91 Å². The highest BCUT2D eigenvalue weighted by molar-refractivity contribution is 6.44. The number of rotatable bonds is 3. The number of hydrogen-bond donors (Lipinski definition) is 2. The molecule has 1 atom stereocenters. The van der Waals surface area contributed by atoms with Crippen molar-refractivity contribution in [1.29, 1.82) is 0 Å². The summed E-state index contributed by atoms with van der Waals surface area (Å²) in [6.45, 7) is 1.83. The number of nitrogen functional groups attached to an aromatic ring is 1. The van der Waals surface area contributed by atoms with Crippen molar-refractivity contribution in [3.05, 3.63) is 62.6 Å². The lowest BCUT2D eigenvalue weighted by Gasteiger charge is -2.16. The molecule has 0 fully saturated rings. The summed E-state index contributed by atoms with van der Waals surface area (Å²) < 4.78 is 0. The van der Waals surface area contributed by atoms with E-state index in [-0.39, 0.29) is 27.6 Å². The molecule has 0 heterocycles. The SMILES string of the molecule is CC(NC(=O)c1cc(N)cc(Cl)c1Cl)c1ccccc1Cl. The van der Waals surface area contributed by atoms with Crippen molar-refractivity contribution in [2.75, 3.05) is 5.73 Å². The zero-order valence-corrected chi connectivity index (χ0v) is 13.4. The van der Waals surface area contributed by atoms with Crippen molar-refractivity contribution in [2.45, 2.75) is 13.0 Å². The third kappa shape index (κ3) is 3.62. The molecule has 0 aromatic heterocycles. The topological polar surface area (TPSA) is 55.1 Å². The molecule has 3 nitrogen and oxygen atoms in total. The summed E-state index contributed by atoms with van der Waals surface area (Å²) in [6.07, 6.45) is 0. The van der Waals surface area contributed by atoms with E-state index < -0.39 is 0 Å². The molecule has 0 saturated heterocycles. The van der Waals surface area contributed by atoms with Crippen molar-refractivity contribution >= 4 is 46.4 Å². The van der Waals surface area contributed by atoms with Gasteiger partial charge in [0.1, 0.15) is 0 Å². The largest absolute Gasteiger partial charge is 0.399 e. The highest BCUT2D eigenvalue weighted by atomic mass is 35.5. The monoisotopic (exact) mass is 342 g/mol. The van der Waals surface area contributed by atoms with E-state index in [1.165, 1.54) is 12.1 Å². The summed E-state index contributed by atoms with van der Waals surface area (Å²) in [5.41, 5.74) is 7.12. The molecule has 0 aliphatic rings. The predicted octanol–water partition coefficient (Wildman–Crippen LogP) is 4.72. The van der Waals surface area contributed by atoms with Crippen LogP contribution in [0.3, 0.4) is 0 Å². The van der Waals surface area contributed by atoms with Crippen LogP contribution in [0.5, 0.6) is 0 Å². The average Bonchev–Trinajstić information content (AvgIpc) is 2.43. The van der Waals surface area contributed by atoms with E-state index in [4.69, 9.17) is 40.5 Å². The standard InChI is InChI=1S/C15H13Cl3N2O/c1-8(10-4-2-3-5-12(10)16)20-15(21)11-6-9(19)7-13(17)14(11)18/h2-8H,19H2,1H3,(H,20,21). The molecular formula is C15H13Cl3N2O. The molecular weight excluding hydrogens is 331 g/mol. The second-order valence-electron chi connectivity index (χ2n) is 4.58. The highest BCUT2D eigenvalue weighted by Gasteiger charge is 2.18. The van der Waals surface area contributed by atoms with E-state index in [0.29, 0.717) is 10.7 Å². The number of amides is 1. The Morgan fingerprint density at radius 3 is 2.48 bits per heavy atom. The minimum absolute atomic E-state index is 0.176. The van der Waals surface area contributed by atoms with Gasteiger partial charge in [0.2, 0.25) is 0 Å². The maximum absolute atomic E-state index is 12.3. The van der Waals surface area contributed by atoms with E-state index >= 15 is 0 Å². The summed E-state index contributed by atoms with van der Waals surface area (Å²) >= 11 is 18.1. The zero-order valence-electron chi connectivity index (χ0n) is 11.2. The van der Waals surface area contributed by atoms with Gasteiger partial charge >= 0.3 is 0 Å². The first-order valence-electron chi connectivity index (χ1n) is 6.20. The molecule has 3 N–H and O–H groups in total. The van der Waals surface area contributed by atoms with Gasteiger partial charge in [0, 0.05) is 10.7 Å². The Balaban J connectivity index is 2.25. The fraction of sp³-hybridized carbons (Fsp3) is 0.133. The van der Waals surface area contributed by atoms with Crippen molar-refractivity contribution < 1.29 is 4.79 Å². The second-order valence-corrected chi connectivity index (χ2v) is 5.77. The number of nitrogens with two attached hydrogens (primary N) is 1. The lowest BCUT2D eigenvalue weighted by Crippen LogP contribution is -2.27. The van der Waals surface area contributed by atoms with Crippen molar-refractivity contribution in [2.24, 2.45) is 0 Å². The first-order chi connectivity index (χ1) is 9.90. The summed E-state index contributed by atoms with van der Waals surface area (Å²) in [5, 5.41) is 3.83. The van der Waals surface area contributed by atoms with Gasteiger partial charge in [-0.2, -0.15) is 0 Å². The van der Waals surface area contributed by atoms with Gasteiger partial charge in [-0.15, -0.1) is 0 Å². The number of halogens is 3. The van der Waals surface area contributed by atoms with Gasteiger partial charge in [0.05, 0.1) is 21.7 Å². The Morgan fingerprint density at radius 2 is 1.81 bits per heavy atom. The van der Waals surface area contributed by atoms with Crippen LogP contribution in [0.2, 0.25) is 15.1 Å². The maximum Gasteiger partial charge on any atom is 0.253 e. The molecule has 1 amide bonds. The van der Waals surface area contributed by atoms with Gasteiger partial charge in [-0.25, -0.2) is 0 Å². The van der Waals surface area contributed by atoms with Gasteiger partial charge in [-0.1, -0.05) is 53.0 Å². The maximum atomic E-state index is 12.3. The highest BCUT2D eigenvalue weighted by Crippen LogP contribution is 2.29. The Morgan fingerprint density at radius 1 is 1.14 bits per heavy atom. The van der Waals surface area contributed by atoms with Crippen LogP contribution < -0.4 is 11.1 Å². The molecule has 2 aromatic carbocycles. The van der Waals surface area contributed by atoms with Gasteiger partial charge in [0.15, 0.2) is 0 Å². The van der Waals surface area contributed by atoms with Crippen LogP contribution in [0.15, 0.2) is 36.4 Å². The molecule has 0 spiro atoms. The Kier molecular flexibility index (Phi) is 4.99. The van der Waals surface area contributed by atoms with Gasteiger partial charge in [0.25, 0.3) is 5.91 Å². The minimum atomic E-state index is -0.360. The first-order valence-corrected chi connectivity index (χ1v) is 7.33. The molecule has 21 heavy (non-hydrogen) atoms. The fourth-order valence-corrected chi connectivity index (χ4v) is 2.68. The quantitative estimate of drug-likeness (QED) is 0.792.